The minimum Gasteiger partial charge on any atom is -0.335 e. The maximum atomic E-state index is 14.5. The fourth-order valence-corrected chi connectivity index (χ4v) is 3.74. The highest BCUT2D eigenvalue weighted by Crippen LogP contribution is 2.29. The number of imidazole rings is 1. The summed E-state index contributed by atoms with van der Waals surface area (Å²) in [6.07, 6.45) is 5.04. The Hall–Kier alpha value is -4.01. The van der Waals surface area contributed by atoms with Gasteiger partial charge >= 0.3 is 6.03 Å². The molecule has 1 N–H and O–H groups in total. The summed E-state index contributed by atoms with van der Waals surface area (Å²) in [5.41, 5.74) is 2.32. The van der Waals surface area contributed by atoms with Gasteiger partial charge in [-0.2, -0.15) is 0 Å². The van der Waals surface area contributed by atoms with E-state index in [1.807, 2.05) is 0 Å². The van der Waals surface area contributed by atoms with Crippen molar-refractivity contribution in [3.63, 3.8) is 0 Å². The topological polar surface area (TPSA) is 87.5 Å². The van der Waals surface area contributed by atoms with Crippen LogP contribution in [0.2, 0.25) is 0 Å². The summed E-state index contributed by atoms with van der Waals surface area (Å²) in [5.74, 6) is -0.676. The van der Waals surface area contributed by atoms with Gasteiger partial charge in [-0.1, -0.05) is 18.2 Å². The fraction of sp³-hybridized carbons (Fsp3) is 0.217. The Morgan fingerprint density at radius 2 is 1.81 bits per heavy atom. The van der Waals surface area contributed by atoms with Gasteiger partial charge in [0.1, 0.15) is 12.1 Å². The lowest BCUT2D eigenvalue weighted by Crippen LogP contribution is -2.51. The van der Waals surface area contributed by atoms with Crippen molar-refractivity contribution >= 4 is 24.0 Å². The molecule has 8 nitrogen and oxygen atoms in total. The van der Waals surface area contributed by atoms with Gasteiger partial charge < -0.3 is 15.1 Å². The Balaban J connectivity index is 1.56. The Kier molecular flexibility index (Phi) is 5.98. The first kappa shape index (κ1) is 21.2. The molecular formula is C23H22FN5O3. The minimum absolute atomic E-state index is 0.199. The molecule has 2 aromatic carbocycles. The van der Waals surface area contributed by atoms with E-state index in [9.17, 15) is 18.8 Å². The van der Waals surface area contributed by atoms with Crippen LogP contribution in [0.4, 0.5) is 14.9 Å². The average Bonchev–Trinajstić information content (AvgIpc) is 3.34. The van der Waals surface area contributed by atoms with Gasteiger partial charge in [-0.05, 0) is 36.2 Å². The second-order valence-electron chi connectivity index (χ2n) is 7.54. The van der Waals surface area contributed by atoms with Crippen LogP contribution < -0.4 is 5.32 Å². The molecule has 4 rings (SSSR count). The van der Waals surface area contributed by atoms with Crippen molar-refractivity contribution in [2.75, 3.05) is 31.5 Å². The molecule has 1 saturated heterocycles. The Morgan fingerprint density at radius 3 is 2.47 bits per heavy atom. The molecule has 3 aromatic rings. The van der Waals surface area contributed by atoms with Crippen LogP contribution in [0.1, 0.15) is 15.9 Å². The molecular weight excluding hydrogens is 413 g/mol. The van der Waals surface area contributed by atoms with Crippen molar-refractivity contribution in [3.8, 4) is 11.1 Å². The van der Waals surface area contributed by atoms with E-state index in [0.29, 0.717) is 49.4 Å². The molecule has 1 aliphatic heterocycles. The zero-order chi connectivity index (χ0) is 22.7. The van der Waals surface area contributed by atoms with Gasteiger partial charge in [0, 0.05) is 44.1 Å². The highest BCUT2D eigenvalue weighted by Gasteiger charge is 2.27. The summed E-state index contributed by atoms with van der Waals surface area (Å²) in [5, 5.41) is 2.55. The fourth-order valence-electron chi connectivity index (χ4n) is 3.74. The first-order chi connectivity index (χ1) is 15.5. The molecule has 3 amide bonds. The number of rotatable bonds is 4. The molecule has 1 fully saturated rings. The number of hydrogen-bond donors (Lipinski definition) is 1. The van der Waals surface area contributed by atoms with Gasteiger partial charge in [-0.15, -0.1) is 0 Å². The quantitative estimate of drug-likeness (QED) is 0.639. The van der Waals surface area contributed by atoms with Crippen molar-refractivity contribution in [1.82, 2.24) is 19.4 Å². The molecule has 164 valence electrons. The third-order valence-corrected chi connectivity index (χ3v) is 5.46. The SMILES string of the molecule is Cc1ccc(-c2ccc(NC=O)c(C(=O)N3CCN(C(=O)n4ccnc4)CC3)c2)c(F)c1. The highest BCUT2D eigenvalue weighted by atomic mass is 19.1. The normalized spacial score (nSPS) is 13.7. The van der Waals surface area contributed by atoms with Crippen LogP contribution >= 0.6 is 0 Å². The van der Waals surface area contributed by atoms with Crippen molar-refractivity contribution in [1.29, 1.82) is 0 Å². The molecule has 2 heterocycles. The molecule has 0 radical (unpaired) electrons. The number of halogens is 1. The number of aryl methyl sites for hydroxylation is 1. The number of aromatic nitrogens is 2. The second kappa shape index (κ2) is 9.01. The number of anilines is 1. The van der Waals surface area contributed by atoms with Crippen molar-refractivity contribution in [3.05, 3.63) is 72.1 Å². The monoisotopic (exact) mass is 435 g/mol. The molecule has 0 saturated carbocycles. The molecule has 32 heavy (non-hydrogen) atoms. The summed E-state index contributed by atoms with van der Waals surface area (Å²) in [6.45, 7) is 3.21. The minimum atomic E-state index is -0.383. The predicted molar refractivity (Wildman–Crippen MR) is 117 cm³/mol. The number of nitrogens with zero attached hydrogens (tertiary/aromatic N) is 4. The van der Waals surface area contributed by atoms with E-state index in [1.165, 1.54) is 23.2 Å². The van der Waals surface area contributed by atoms with E-state index in [1.54, 1.807) is 53.3 Å². The second-order valence-corrected chi connectivity index (χ2v) is 7.54. The lowest BCUT2D eigenvalue weighted by atomic mass is 9.99. The molecule has 1 aliphatic rings. The van der Waals surface area contributed by atoms with Gasteiger partial charge in [0.25, 0.3) is 5.91 Å². The van der Waals surface area contributed by atoms with Crippen molar-refractivity contribution in [2.24, 2.45) is 0 Å². The maximum absolute atomic E-state index is 14.5. The third-order valence-electron chi connectivity index (χ3n) is 5.46. The van der Waals surface area contributed by atoms with E-state index >= 15 is 0 Å². The number of amides is 3. The van der Waals surface area contributed by atoms with Gasteiger partial charge in [-0.3, -0.25) is 14.2 Å². The molecule has 9 heteroatoms. The van der Waals surface area contributed by atoms with Crippen LogP contribution in [0.25, 0.3) is 11.1 Å². The number of piperazine rings is 1. The Bertz CT molecular complexity index is 1150. The van der Waals surface area contributed by atoms with Crippen LogP contribution in [0.5, 0.6) is 0 Å². The van der Waals surface area contributed by atoms with Gasteiger partial charge in [-0.25, -0.2) is 14.2 Å². The van der Waals surface area contributed by atoms with E-state index in [2.05, 4.69) is 10.3 Å². The zero-order valence-electron chi connectivity index (χ0n) is 17.5. The molecule has 0 aliphatic carbocycles. The third kappa shape index (κ3) is 4.22. The van der Waals surface area contributed by atoms with Crippen LogP contribution in [-0.2, 0) is 4.79 Å². The summed E-state index contributed by atoms with van der Waals surface area (Å²) < 4.78 is 15.9. The number of carbonyl (C=O) groups excluding carboxylic acids is 3. The van der Waals surface area contributed by atoms with E-state index in [4.69, 9.17) is 0 Å². The first-order valence-corrected chi connectivity index (χ1v) is 10.1. The summed E-state index contributed by atoms with van der Waals surface area (Å²) in [4.78, 5) is 44.0. The standard InChI is InChI=1S/C23H22FN5O3/c1-16-2-4-18(20(24)12-16)17-3-5-21(26-15-30)19(13-17)22(31)27-8-10-28(11-9-27)23(32)29-7-6-25-14-29/h2-7,12-15H,8-11H2,1H3,(H,26,30). The summed E-state index contributed by atoms with van der Waals surface area (Å²) >= 11 is 0. The average molecular weight is 435 g/mol. The van der Waals surface area contributed by atoms with Crippen molar-refractivity contribution < 1.29 is 18.8 Å². The van der Waals surface area contributed by atoms with Gasteiger partial charge in [0.15, 0.2) is 0 Å². The molecule has 1 aromatic heterocycles. The van der Waals surface area contributed by atoms with Crippen LogP contribution in [-0.4, -0.2) is 63.9 Å². The first-order valence-electron chi connectivity index (χ1n) is 10.1. The predicted octanol–water partition coefficient (Wildman–Crippen LogP) is 2.99. The van der Waals surface area contributed by atoms with Crippen LogP contribution in [0.15, 0.2) is 55.1 Å². The zero-order valence-corrected chi connectivity index (χ0v) is 17.5. The highest BCUT2D eigenvalue weighted by molar-refractivity contribution is 6.02. The Morgan fingerprint density at radius 1 is 1.06 bits per heavy atom. The number of nitrogens with one attached hydrogen (secondary N) is 1. The number of hydrogen-bond acceptors (Lipinski definition) is 4. The van der Waals surface area contributed by atoms with E-state index < -0.39 is 0 Å². The smallest absolute Gasteiger partial charge is 0.329 e. The Labute approximate surface area is 184 Å². The largest absolute Gasteiger partial charge is 0.335 e. The number of benzene rings is 2. The van der Waals surface area contributed by atoms with Crippen LogP contribution in [0, 0.1) is 12.7 Å². The lowest BCUT2D eigenvalue weighted by molar-refractivity contribution is -0.105. The summed E-state index contributed by atoms with van der Waals surface area (Å²) in [6, 6.07) is 9.55. The lowest BCUT2D eigenvalue weighted by Gasteiger charge is -2.35. The maximum Gasteiger partial charge on any atom is 0.329 e. The number of carbonyl (C=O) groups is 3. The van der Waals surface area contributed by atoms with Crippen LogP contribution in [0.3, 0.4) is 0 Å². The molecule has 0 bridgehead atoms. The molecule has 0 unspecified atom stereocenters. The molecule has 0 spiro atoms. The molecule has 0 atom stereocenters. The van der Waals surface area contributed by atoms with E-state index in [-0.39, 0.29) is 23.3 Å². The van der Waals surface area contributed by atoms with Gasteiger partial charge in [0.05, 0.1) is 11.3 Å². The van der Waals surface area contributed by atoms with Gasteiger partial charge in [0.2, 0.25) is 6.41 Å². The summed E-state index contributed by atoms with van der Waals surface area (Å²) in [7, 11) is 0. The van der Waals surface area contributed by atoms with Crippen molar-refractivity contribution in [2.45, 2.75) is 6.92 Å². The van der Waals surface area contributed by atoms with E-state index in [0.717, 1.165) is 5.56 Å².